The van der Waals surface area contributed by atoms with Crippen LogP contribution in [0.5, 0.6) is 0 Å². The van der Waals surface area contributed by atoms with E-state index in [0.29, 0.717) is 30.1 Å². The average molecular weight is 432 g/mol. The van der Waals surface area contributed by atoms with Crippen LogP contribution in [0.3, 0.4) is 0 Å². The number of cyclic esters (lactones) is 1. The number of anilines is 2. The Morgan fingerprint density at radius 2 is 2.13 bits per heavy atom. The number of benzene rings is 1. The molecule has 31 heavy (non-hydrogen) atoms. The molecule has 1 spiro atoms. The van der Waals surface area contributed by atoms with Gasteiger partial charge in [0.1, 0.15) is 12.3 Å². The second kappa shape index (κ2) is 7.60. The van der Waals surface area contributed by atoms with E-state index in [2.05, 4.69) is 6.58 Å². The lowest BCUT2D eigenvalue weighted by Gasteiger charge is -2.32. The molecule has 0 radical (unpaired) electrons. The van der Waals surface area contributed by atoms with E-state index < -0.39 is 35.3 Å². The first-order valence-electron chi connectivity index (χ1n) is 10.7. The molecule has 1 aromatic rings. The predicted octanol–water partition coefficient (Wildman–Crippen LogP) is 3.15. The maximum Gasteiger partial charge on any atom is 0.414 e. The van der Waals surface area contributed by atoms with Crippen molar-refractivity contribution in [3.63, 3.8) is 0 Å². The third kappa shape index (κ3) is 3.15. The van der Waals surface area contributed by atoms with Crippen LogP contribution in [0.1, 0.15) is 32.8 Å². The molecule has 4 rings (SSSR count). The summed E-state index contributed by atoms with van der Waals surface area (Å²) in [5, 5.41) is 9.57. The zero-order chi connectivity index (χ0) is 22.6. The second-order valence-corrected chi connectivity index (χ2v) is 8.96. The smallest absolute Gasteiger partial charge is 0.414 e. The summed E-state index contributed by atoms with van der Waals surface area (Å²) in [4.78, 5) is 29.0. The van der Waals surface area contributed by atoms with Crippen LogP contribution in [0.15, 0.2) is 30.9 Å². The van der Waals surface area contributed by atoms with Gasteiger partial charge in [-0.25, -0.2) is 9.18 Å². The van der Waals surface area contributed by atoms with E-state index in [-0.39, 0.29) is 25.5 Å². The summed E-state index contributed by atoms with van der Waals surface area (Å²) in [6.07, 6.45) is 0.795. The number of alkyl halides is 1. The summed E-state index contributed by atoms with van der Waals surface area (Å²) in [5.41, 5.74) is -1.14. The van der Waals surface area contributed by atoms with Crippen molar-refractivity contribution in [3.8, 4) is 0 Å². The molecule has 2 amide bonds. The summed E-state index contributed by atoms with van der Waals surface area (Å²) in [7, 11) is 0. The molecule has 4 atom stereocenters. The fourth-order valence-corrected chi connectivity index (χ4v) is 5.54. The first kappa shape index (κ1) is 21.8. The molecule has 1 N–H and O–H groups in total. The first-order valence-corrected chi connectivity index (χ1v) is 10.7. The van der Waals surface area contributed by atoms with E-state index in [0.717, 1.165) is 0 Å². The largest absolute Gasteiger partial charge is 0.447 e. The van der Waals surface area contributed by atoms with Crippen molar-refractivity contribution >= 4 is 23.4 Å². The number of halogens is 1. The molecule has 3 aliphatic rings. The number of carbonyl (C=O) groups is 2. The molecule has 2 saturated heterocycles. The molecule has 3 aliphatic heterocycles. The van der Waals surface area contributed by atoms with Gasteiger partial charge < -0.3 is 19.5 Å². The highest BCUT2D eigenvalue weighted by Gasteiger charge is 2.66. The molecular formula is C23H29FN2O5. The van der Waals surface area contributed by atoms with Crippen LogP contribution in [-0.4, -0.2) is 55.2 Å². The summed E-state index contributed by atoms with van der Waals surface area (Å²) in [6.45, 7) is 9.39. The highest BCUT2D eigenvalue weighted by atomic mass is 19.1. The van der Waals surface area contributed by atoms with Gasteiger partial charge >= 0.3 is 6.09 Å². The normalized spacial score (nSPS) is 30.3. The van der Waals surface area contributed by atoms with Crippen molar-refractivity contribution in [2.24, 2.45) is 11.8 Å². The van der Waals surface area contributed by atoms with Crippen LogP contribution in [0.4, 0.5) is 20.6 Å². The van der Waals surface area contributed by atoms with Gasteiger partial charge in [-0.2, -0.15) is 0 Å². The van der Waals surface area contributed by atoms with Gasteiger partial charge in [0.2, 0.25) is 0 Å². The van der Waals surface area contributed by atoms with Crippen molar-refractivity contribution in [3.05, 3.63) is 36.4 Å². The lowest BCUT2D eigenvalue weighted by Crippen LogP contribution is -2.45. The minimum atomic E-state index is -1.62. The van der Waals surface area contributed by atoms with Gasteiger partial charge in [0.25, 0.3) is 5.91 Å². The summed E-state index contributed by atoms with van der Waals surface area (Å²) < 4.78 is 26.8. The number of amides is 2. The van der Waals surface area contributed by atoms with Crippen molar-refractivity contribution in [2.45, 2.75) is 44.6 Å². The molecule has 2 fully saturated rings. The van der Waals surface area contributed by atoms with Crippen LogP contribution < -0.4 is 9.80 Å². The van der Waals surface area contributed by atoms with Crippen LogP contribution in [0.2, 0.25) is 0 Å². The topological polar surface area (TPSA) is 79.3 Å². The number of rotatable bonds is 6. The standard InChI is InChI=1S/C23H29FN2O5/c1-5-9-26-17-7-6-15(25-10-12-30-21(25)29)13-16(17)23(20(26)28)14(2)19(22(3,4)24)18(31-23)8-11-27/h5-7,13-14,18-19,27H,1,8-12H2,2-4H3/t14-,18+,19-,23+/m1/s1. The Kier molecular flexibility index (Phi) is 5.34. The Balaban J connectivity index is 1.87. The number of carbonyl (C=O) groups excluding carboxylic acids is 2. The number of ether oxygens (including phenoxy) is 2. The van der Waals surface area contributed by atoms with Gasteiger partial charge in [0.05, 0.1) is 18.3 Å². The minimum Gasteiger partial charge on any atom is -0.447 e. The molecule has 0 aromatic heterocycles. The van der Waals surface area contributed by atoms with E-state index in [9.17, 15) is 14.7 Å². The lowest BCUT2D eigenvalue weighted by molar-refractivity contribution is -0.146. The van der Waals surface area contributed by atoms with Crippen molar-refractivity contribution in [1.82, 2.24) is 0 Å². The molecule has 1 aromatic carbocycles. The molecule has 0 unspecified atom stereocenters. The molecule has 0 aliphatic carbocycles. The Labute approximate surface area is 181 Å². The number of aliphatic hydroxyl groups excluding tert-OH is 1. The van der Waals surface area contributed by atoms with E-state index in [1.54, 1.807) is 29.2 Å². The van der Waals surface area contributed by atoms with Crippen LogP contribution >= 0.6 is 0 Å². The Hall–Kier alpha value is -2.45. The highest BCUT2D eigenvalue weighted by molar-refractivity contribution is 6.08. The van der Waals surface area contributed by atoms with Gasteiger partial charge in [-0.1, -0.05) is 13.0 Å². The number of fused-ring (bicyclic) bond motifs is 2. The third-order valence-electron chi connectivity index (χ3n) is 6.74. The zero-order valence-electron chi connectivity index (χ0n) is 18.1. The lowest BCUT2D eigenvalue weighted by atomic mass is 9.71. The molecule has 0 bridgehead atoms. The molecular weight excluding hydrogens is 403 g/mol. The maximum atomic E-state index is 15.3. The summed E-state index contributed by atoms with van der Waals surface area (Å²) >= 11 is 0. The Morgan fingerprint density at radius 1 is 1.39 bits per heavy atom. The molecule has 8 heteroatoms. The van der Waals surface area contributed by atoms with E-state index in [1.807, 2.05) is 6.92 Å². The number of aliphatic hydroxyl groups is 1. The summed E-state index contributed by atoms with van der Waals surface area (Å²) in [5.74, 6) is -1.36. The maximum absolute atomic E-state index is 15.3. The zero-order valence-corrected chi connectivity index (χ0v) is 18.1. The Bertz CT molecular complexity index is 914. The molecule has 3 heterocycles. The minimum absolute atomic E-state index is 0.170. The van der Waals surface area contributed by atoms with Crippen molar-refractivity contribution in [2.75, 3.05) is 36.1 Å². The fraction of sp³-hybridized carbons (Fsp3) is 0.565. The highest BCUT2D eigenvalue weighted by Crippen LogP contribution is 2.58. The number of nitrogens with zero attached hydrogens (tertiary/aromatic N) is 2. The van der Waals surface area contributed by atoms with Gasteiger partial charge in [0, 0.05) is 36.2 Å². The number of hydrogen-bond acceptors (Lipinski definition) is 5. The quantitative estimate of drug-likeness (QED) is 0.699. The van der Waals surface area contributed by atoms with Gasteiger partial charge in [0.15, 0.2) is 5.60 Å². The first-order chi connectivity index (χ1) is 14.7. The van der Waals surface area contributed by atoms with Crippen molar-refractivity contribution in [1.29, 1.82) is 0 Å². The van der Waals surface area contributed by atoms with Crippen LogP contribution in [0, 0.1) is 11.8 Å². The molecule has 168 valence electrons. The van der Waals surface area contributed by atoms with Gasteiger partial charge in [-0.3, -0.25) is 9.69 Å². The molecule has 0 saturated carbocycles. The van der Waals surface area contributed by atoms with E-state index >= 15 is 4.39 Å². The van der Waals surface area contributed by atoms with Gasteiger partial charge in [-0.05, 0) is 38.5 Å². The average Bonchev–Trinajstić information content (AvgIpc) is 3.32. The van der Waals surface area contributed by atoms with Crippen LogP contribution in [0.25, 0.3) is 0 Å². The van der Waals surface area contributed by atoms with E-state index in [1.165, 1.54) is 18.7 Å². The Morgan fingerprint density at radius 3 is 2.71 bits per heavy atom. The predicted molar refractivity (Wildman–Crippen MR) is 114 cm³/mol. The second-order valence-electron chi connectivity index (χ2n) is 8.96. The fourth-order valence-electron chi connectivity index (χ4n) is 5.54. The number of hydrogen-bond donors (Lipinski definition) is 1. The summed E-state index contributed by atoms with van der Waals surface area (Å²) in [6, 6.07) is 5.34. The monoisotopic (exact) mass is 432 g/mol. The van der Waals surface area contributed by atoms with E-state index in [4.69, 9.17) is 9.47 Å². The van der Waals surface area contributed by atoms with Gasteiger partial charge in [-0.15, -0.1) is 6.58 Å². The molecule has 7 nitrogen and oxygen atoms in total. The van der Waals surface area contributed by atoms with Crippen LogP contribution in [-0.2, 0) is 19.9 Å². The third-order valence-corrected chi connectivity index (χ3v) is 6.74. The SMILES string of the molecule is C=CCN1C(=O)[C@@]2(O[C@@H](CCO)[C@H](C(C)(C)F)[C@H]2C)c2cc(N3CCOC3=O)ccc21. The van der Waals surface area contributed by atoms with Crippen molar-refractivity contribution < 1.29 is 28.6 Å².